The van der Waals surface area contributed by atoms with Crippen molar-refractivity contribution in [3.05, 3.63) is 23.8 Å². The number of hydrogen-bond donors (Lipinski definition) is 0. The van der Waals surface area contributed by atoms with Gasteiger partial charge in [0.15, 0.2) is 11.5 Å². The number of halogens is 1. The standard InChI is InChI=1S/C14H19BrO2/c1-16-14-8-12(9-15)6-7-13(14)17-10-11-4-2-3-5-11/h6-8,11H,2-5,9-10H2,1H3. The number of rotatable bonds is 5. The molecule has 0 unspecified atom stereocenters. The summed E-state index contributed by atoms with van der Waals surface area (Å²) in [5.41, 5.74) is 1.20. The summed E-state index contributed by atoms with van der Waals surface area (Å²) >= 11 is 3.44. The maximum atomic E-state index is 5.87. The number of benzene rings is 1. The molecule has 0 radical (unpaired) electrons. The van der Waals surface area contributed by atoms with Gasteiger partial charge in [0.2, 0.25) is 0 Å². The van der Waals surface area contributed by atoms with Crippen LogP contribution in [0.5, 0.6) is 11.5 Å². The van der Waals surface area contributed by atoms with E-state index in [0.29, 0.717) is 0 Å². The molecule has 0 atom stereocenters. The van der Waals surface area contributed by atoms with Crippen LogP contribution >= 0.6 is 15.9 Å². The molecule has 1 aliphatic rings. The molecule has 0 amide bonds. The van der Waals surface area contributed by atoms with Crippen molar-refractivity contribution in [3.63, 3.8) is 0 Å². The molecular weight excluding hydrogens is 280 g/mol. The summed E-state index contributed by atoms with van der Waals surface area (Å²) < 4.78 is 11.2. The quantitative estimate of drug-likeness (QED) is 0.760. The highest BCUT2D eigenvalue weighted by molar-refractivity contribution is 9.08. The molecule has 0 bridgehead atoms. The first kappa shape index (κ1) is 12.7. The summed E-state index contributed by atoms with van der Waals surface area (Å²) in [5, 5.41) is 0.840. The lowest BCUT2D eigenvalue weighted by molar-refractivity contribution is 0.240. The van der Waals surface area contributed by atoms with Gasteiger partial charge < -0.3 is 9.47 Å². The smallest absolute Gasteiger partial charge is 0.161 e. The third kappa shape index (κ3) is 3.38. The fourth-order valence-corrected chi connectivity index (χ4v) is 2.65. The molecule has 1 aromatic carbocycles. The van der Waals surface area contributed by atoms with E-state index >= 15 is 0 Å². The summed E-state index contributed by atoms with van der Waals surface area (Å²) in [6.07, 6.45) is 5.32. The first-order valence-corrected chi connectivity index (χ1v) is 7.31. The van der Waals surface area contributed by atoms with Crippen LogP contribution in [-0.2, 0) is 5.33 Å². The molecule has 3 heteroatoms. The van der Waals surface area contributed by atoms with Crippen LogP contribution in [0.25, 0.3) is 0 Å². The predicted octanol–water partition coefficient (Wildman–Crippen LogP) is 4.16. The van der Waals surface area contributed by atoms with Crippen LogP contribution < -0.4 is 9.47 Å². The Morgan fingerprint density at radius 1 is 1.24 bits per heavy atom. The Balaban J connectivity index is 1.98. The van der Waals surface area contributed by atoms with E-state index in [0.717, 1.165) is 29.4 Å². The lowest BCUT2D eigenvalue weighted by Gasteiger charge is -2.14. The normalized spacial score (nSPS) is 16.1. The highest BCUT2D eigenvalue weighted by Gasteiger charge is 2.16. The first-order valence-electron chi connectivity index (χ1n) is 6.19. The fourth-order valence-electron chi connectivity index (χ4n) is 2.30. The highest BCUT2D eigenvalue weighted by Crippen LogP contribution is 2.31. The van der Waals surface area contributed by atoms with Crippen molar-refractivity contribution in [1.82, 2.24) is 0 Å². The summed E-state index contributed by atoms with van der Waals surface area (Å²) in [4.78, 5) is 0. The number of alkyl halides is 1. The molecule has 0 N–H and O–H groups in total. The van der Waals surface area contributed by atoms with Crippen molar-refractivity contribution < 1.29 is 9.47 Å². The number of methoxy groups -OCH3 is 1. The molecule has 17 heavy (non-hydrogen) atoms. The van der Waals surface area contributed by atoms with Gasteiger partial charge in [-0.15, -0.1) is 0 Å². The zero-order valence-corrected chi connectivity index (χ0v) is 11.8. The minimum absolute atomic E-state index is 0.732. The van der Waals surface area contributed by atoms with E-state index in [1.807, 2.05) is 12.1 Å². The van der Waals surface area contributed by atoms with Crippen molar-refractivity contribution in [2.75, 3.05) is 13.7 Å². The van der Waals surface area contributed by atoms with Crippen LogP contribution in [0.15, 0.2) is 18.2 Å². The second-order valence-electron chi connectivity index (χ2n) is 4.58. The highest BCUT2D eigenvalue weighted by atomic mass is 79.9. The molecule has 1 fully saturated rings. The lowest BCUT2D eigenvalue weighted by Crippen LogP contribution is -2.08. The van der Waals surface area contributed by atoms with E-state index in [1.54, 1.807) is 7.11 Å². The van der Waals surface area contributed by atoms with Crippen LogP contribution in [0.1, 0.15) is 31.2 Å². The molecule has 94 valence electrons. The molecule has 1 aliphatic carbocycles. The van der Waals surface area contributed by atoms with Gasteiger partial charge in [0.25, 0.3) is 0 Å². The molecule has 0 spiro atoms. The third-order valence-electron chi connectivity index (χ3n) is 3.33. The molecule has 1 saturated carbocycles. The molecule has 2 rings (SSSR count). The molecule has 0 aliphatic heterocycles. The van der Waals surface area contributed by atoms with Crippen molar-refractivity contribution in [3.8, 4) is 11.5 Å². The van der Waals surface area contributed by atoms with E-state index < -0.39 is 0 Å². The van der Waals surface area contributed by atoms with E-state index in [9.17, 15) is 0 Å². The van der Waals surface area contributed by atoms with Crippen molar-refractivity contribution in [2.45, 2.75) is 31.0 Å². The molecule has 0 saturated heterocycles. The Kier molecular flexibility index (Phi) is 4.72. The Bertz CT molecular complexity index is 359. The fraction of sp³-hybridized carbons (Fsp3) is 0.571. The monoisotopic (exact) mass is 298 g/mol. The largest absolute Gasteiger partial charge is 0.493 e. The minimum Gasteiger partial charge on any atom is -0.493 e. The Morgan fingerprint density at radius 2 is 2.00 bits per heavy atom. The van der Waals surface area contributed by atoms with Crippen molar-refractivity contribution >= 4 is 15.9 Å². The van der Waals surface area contributed by atoms with Gasteiger partial charge >= 0.3 is 0 Å². The Morgan fingerprint density at radius 3 is 2.65 bits per heavy atom. The van der Waals surface area contributed by atoms with Gasteiger partial charge in [-0.1, -0.05) is 34.8 Å². The Hall–Kier alpha value is -0.700. The Labute approximate surface area is 111 Å². The molecule has 2 nitrogen and oxygen atoms in total. The minimum atomic E-state index is 0.732. The zero-order valence-electron chi connectivity index (χ0n) is 10.2. The van der Waals surface area contributed by atoms with Gasteiger partial charge in [-0.05, 0) is 36.5 Å². The average Bonchev–Trinajstić information content (AvgIpc) is 2.89. The van der Waals surface area contributed by atoms with Crippen LogP contribution in [0.2, 0.25) is 0 Å². The SMILES string of the molecule is COc1cc(CBr)ccc1OCC1CCCC1. The maximum absolute atomic E-state index is 5.87. The van der Waals surface area contributed by atoms with E-state index in [1.165, 1.54) is 31.2 Å². The predicted molar refractivity (Wildman–Crippen MR) is 73.1 cm³/mol. The van der Waals surface area contributed by atoms with E-state index in [-0.39, 0.29) is 0 Å². The summed E-state index contributed by atoms with van der Waals surface area (Å²) in [7, 11) is 1.69. The van der Waals surface area contributed by atoms with Crippen molar-refractivity contribution in [1.29, 1.82) is 0 Å². The summed E-state index contributed by atoms with van der Waals surface area (Å²) in [6, 6.07) is 6.10. The molecule has 0 aromatic heterocycles. The second kappa shape index (κ2) is 6.29. The molecule has 0 heterocycles. The van der Waals surface area contributed by atoms with Crippen LogP contribution in [0.4, 0.5) is 0 Å². The lowest BCUT2D eigenvalue weighted by atomic mass is 10.1. The molecular formula is C14H19BrO2. The van der Waals surface area contributed by atoms with Gasteiger partial charge in [-0.3, -0.25) is 0 Å². The number of ether oxygens (including phenoxy) is 2. The van der Waals surface area contributed by atoms with Gasteiger partial charge in [0.05, 0.1) is 13.7 Å². The first-order chi connectivity index (χ1) is 8.33. The summed E-state index contributed by atoms with van der Waals surface area (Å²) in [6.45, 7) is 0.823. The average molecular weight is 299 g/mol. The van der Waals surface area contributed by atoms with Gasteiger partial charge in [0, 0.05) is 5.33 Å². The zero-order chi connectivity index (χ0) is 12.1. The third-order valence-corrected chi connectivity index (χ3v) is 3.98. The topological polar surface area (TPSA) is 18.5 Å². The van der Waals surface area contributed by atoms with Gasteiger partial charge in [0.1, 0.15) is 0 Å². The van der Waals surface area contributed by atoms with Crippen LogP contribution in [0, 0.1) is 5.92 Å². The van der Waals surface area contributed by atoms with Crippen LogP contribution in [-0.4, -0.2) is 13.7 Å². The summed E-state index contributed by atoms with van der Waals surface area (Å²) in [5.74, 6) is 2.43. The van der Waals surface area contributed by atoms with Crippen molar-refractivity contribution in [2.24, 2.45) is 5.92 Å². The van der Waals surface area contributed by atoms with Crippen LogP contribution in [0.3, 0.4) is 0 Å². The molecule has 1 aromatic rings. The van der Waals surface area contributed by atoms with E-state index in [4.69, 9.17) is 9.47 Å². The second-order valence-corrected chi connectivity index (χ2v) is 5.14. The maximum Gasteiger partial charge on any atom is 0.161 e. The van der Waals surface area contributed by atoms with E-state index in [2.05, 4.69) is 22.0 Å². The number of hydrogen-bond acceptors (Lipinski definition) is 2. The van der Waals surface area contributed by atoms with Gasteiger partial charge in [-0.2, -0.15) is 0 Å². The van der Waals surface area contributed by atoms with Gasteiger partial charge in [-0.25, -0.2) is 0 Å².